The number of likely N-dealkylation sites (tertiary alicyclic amines) is 1. The van der Waals surface area contributed by atoms with Gasteiger partial charge in [-0.1, -0.05) is 49.6 Å². The number of quaternary nitrogens is 1. The van der Waals surface area contributed by atoms with Gasteiger partial charge in [0.15, 0.2) is 0 Å². The predicted molar refractivity (Wildman–Crippen MR) is 121 cm³/mol. The van der Waals surface area contributed by atoms with E-state index in [0.29, 0.717) is 18.8 Å². The summed E-state index contributed by atoms with van der Waals surface area (Å²) >= 11 is 0. The van der Waals surface area contributed by atoms with E-state index in [1.54, 1.807) is 0 Å². The molecule has 2 N–H and O–H groups in total. The van der Waals surface area contributed by atoms with Gasteiger partial charge in [0.1, 0.15) is 12.2 Å². The van der Waals surface area contributed by atoms with Gasteiger partial charge in [0.25, 0.3) is 0 Å². The monoisotopic (exact) mass is 450 g/mol. The second-order valence-electron chi connectivity index (χ2n) is 9.64. The van der Waals surface area contributed by atoms with E-state index in [2.05, 4.69) is 0 Å². The summed E-state index contributed by atoms with van der Waals surface area (Å²) in [6, 6.07) is 9.60. The van der Waals surface area contributed by atoms with Crippen molar-refractivity contribution in [1.29, 1.82) is 0 Å². The predicted octanol–water partition coefficient (Wildman–Crippen LogP) is 5.29. The number of hydrogen-bond acceptors (Lipinski definition) is 3. The average Bonchev–Trinajstić information content (AvgIpc) is 3.11. The fourth-order valence-electron chi connectivity index (χ4n) is 5.66. The molecular formula is C24H37NO5P+. The molecule has 1 saturated heterocycles. The number of carbonyl (C=O) groups is 2. The quantitative estimate of drug-likeness (QED) is 0.319. The third-order valence-electron chi connectivity index (χ3n) is 7.47. The van der Waals surface area contributed by atoms with Gasteiger partial charge in [0.2, 0.25) is 7.37 Å². The SMILES string of the molecule is C[C@@H]1C[C@@H](C2CCCCC2)C[N@+]1(C(=O)O)C(=O)CP(=O)(O)CCCCc1ccccc1. The van der Waals surface area contributed by atoms with Crippen LogP contribution in [0.5, 0.6) is 0 Å². The Balaban J connectivity index is 1.58. The van der Waals surface area contributed by atoms with E-state index in [1.807, 2.05) is 37.3 Å². The van der Waals surface area contributed by atoms with Crippen LogP contribution in [0.3, 0.4) is 0 Å². The zero-order valence-electron chi connectivity index (χ0n) is 18.6. The molecule has 0 spiro atoms. The minimum absolute atomic E-state index is 0.0611. The molecule has 2 amide bonds. The van der Waals surface area contributed by atoms with Crippen molar-refractivity contribution in [2.24, 2.45) is 11.8 Å². The van der Waals surface area contributed by atoms with Crippen LogP contribution < -0.4 is 0 Å². The van der Waals surface area contributed by atoms with Crippen LogP contribution in [-0.2, 0) is 15.8 Å². The first kappa shape index (κ1) is 24.2. The number of carboxylic acid groups (broad SMARTS) is 1. The molecule has 4 atom stereocenters. The summed E-state index contributed by atoms with van der Waals surface area (Å²) in [6.45, 7) is 2.09. The summed E-state index contributed by atoms with van der Waals surface area (Å²) in [4.78, 5) is 35.9. The molecule has 172 valence electrons. The molecule has 7 heteroatoms. The molecule has 2 aliphatic rings. The van der Waals surface area contributed by atoms with Crippen molar-refractivity contribution in [3.63, 3.8) is 0 Å². The van der Waals surface area contributed by atoms with Crippen molar-refractivity contribution in [2.75, 3.05) is 18.9 Å². The highest BCUT2D eigenvalue weighted by atomic mass is 31.2. The van der Waals surface area contributed by atoms with Crippen molar-refractivity contribution in [1.82, 2.24) is 0 Å². The Morgan fingerprint density at radius 3 is 2.39 bits per heavy atom. The lowest BCUT2D eigenvalue weighted by molar-refractivity contribution is -0.793. The van der Waals surface area contributed by atoms with Gasteiger partial charge in [-0.3, -0.25) is 4.57 Å². The molecule has 1 aromatic rings. The summed E-state index contributed by atoms with van der Waals surface area (Å²) < 4.78 is 12.1. The van der Waals surface area contributed by atoms with Gasteiger partial charge in [-0.25, -0.2) is 4.79 Å². The van der Waals surface area contributed by atoms with Gasteiger partial charge in [-0.05, 0) is 50.5 Å². The first-order valence-electron chi connectivity index (χ1n) is 11.7. The number of imide groups is 1. The number of amides is 2. The third-order valence-corrected chi connectivity index (χ3v) is 9.25. The number of carbonyl (C=O) groups excluding carboxylic acids is 1. The summed E-state index contributed by atoms with van der Waals surface area (Å²) in [5, 5.41) is 10.0. The van der Waals surface area contributed by atoms with E-state index in [4.69, 9.17) is 0 Å². The zero-order chi connectivity index (χ0) is 22.5. The Kier molecular flexibility index (Phi) is 8.12. The molecule has 6 nitrogen and oxygen atoms in total. The van der Waals surface area contributed by atoms with Gasteiger partial charge in [-0.15, -0.1) is 0 Å². The van der Waals surface area contributed by atoms with Crippen molar-refractivity contribution in [2.45, 2.75) is 70.8 Å². The normalized spacial score (nSPS) is 28.8. The number of unbranched alkanes of at least 4 members (excludes halogenated alkanes) is 1. The lowest BCUT2D eigenvalue weighted by Gasteiger charge is -2.31. The van der Waals surface area contributed by atoms with Crippen LogP contribution in [0.2, 0.25) is 0 Å². The van der Waals surface area contributed by atoms with Crippen LogP contribution >= 0.6 is 7.37 Å². The second-order valence-corrected chi connectivity index (χ2v) is 12.1. The molecule has 1 unspecified atom stereocenters. The van der Waals surface area contributed by atoms with Gasteiger partial charge in [0.05, 0.1) is 6.54 Å². The minimum atomic E-state index is -3.71. The van der Waals surface area contributed by atoms with E-state index in [-0.39, 0.29) is 24.7 Å². The average molecular weight is 451 g/mol. The van der Waals surface area contributed by atoms with E-state index in [0.717, 1.165) is 25.7 Å². The lowest BCUT2D eigenvalue weighted by Crippen LogP contribution is -2.60. The topological polar surface area (TPSA) is 91.7 Å². The number of aryl methyl sites for hydroxylation is 1. The molecule has 1 aliphatic carbocycles. The Morgan fingerprint density at radius 1 is 1.06 bits per heavy atom. The summed E-state index contributed by atoms with van der Waals surface area (Å²) in [5.41, 5.74) is 1.18. The van der Waals surface area contributed by atoms with Gasteiger partial charge in [-0.2, -0.15) is 9.28 Å². The molecule has 2 fully saturated rings. The highest BCUT2D eigenvalue weighted by Crippen LogP contribution is 2.46. The number of nitrogens with zero attached hydrogens (tertiary/aromatic N) is 1. The first-order chi connectivity index (χ1) is 14.7. The lowest BCUT2D eigenvalue weighted by atomic mass is 9.79. The molecule has 31 heavy (non-hydrogen) atoms. The van der Waals surface area contributed by atoms with E-state index >= 15 is 0 Å². The van der Waals surface area contributed by atoms with Crippen LogP contribution in [0.1, 0.15) is 63.9 Å². The fourth-order valence-corrected chi connectivity index (χ4v) is 7.21. The van der Waals surface area contributed by atoms with Crippen LogP contribution in [0.25, 0.3) is 0 Å². The fraction of sp³-hybridized carbons (Fsp3) is 0.667. The number of benzene rings is 1. The molecule has 1 aromatic carbocycles. The maximum Gasteiger partial charge on any atom is 0.521 e. The third kappa shape index (κ3) is 5.85. The Hall–Kier alpha value is -1.49. The van der Waals surface area contributed by atoms with Crippen LogP contribution in [0.4, 0.5) is 4.79 Å². The molecular weight excluding hydrogens is 413 g/mol. The van der Waals surface area contributed by atoms with Gasteiger partial charge >= 0.3 is 12.0 Å². The van der Waals surface area contributed by atoms with Crippen molar-refractivity contribution in [3.05, 3.63) is 35.9 Å². The summed E-state index contributed by atoms with van der Waals surface area (Å²) in [7, 11) is -3.71. The van der Waals surface area contributed by atoms with Crippen molar-refractivity contribution in [3.8, 4) is 0 Å². The second kappa shape index (κ2) is 10.4. The van der Waals surface area contributed by atoms with Crippen LogP contribution in [-0.4, -0.2) is 51.4 Å². The van der Waals surface area contributed by atoms with Crippen LogP contribution in [0, 0.1) is 11.8 Å². The van der Waals surface area contributed by atoms with Gasteiger partial charge in [0, 0.05) is 18.5 Å². The summed E-state index contributed by atoms with van der Waals surface area (Å²) in [6.07, 6.45) is 6.98. The molecule has 3 rings (SSSR count). The smallest absolute Gasteiger partial charge is 0.435 e. The van der Waals surface area contributed by atoms with E-state index in [9.17, 15) is 24.2 Å². The van der Waals surface area contributed by atoms with Crippen molar-refractivity contribution < 1.29 is 28.6 Å². The van der Waals surface area contributed by atoms with Gasteiger partial charge < -0.3 is 10.00 Å². The maximum absolute atomic E-state index is 13.2. The standard InChI is InChI=1S/C24H36NO5P/c1-19-16-22(21-13-6-3-7-14-21)17-25(19,24(27)28)23(26)18-31(29,30)15-9-8-12-20-10-4-2-5-11-20/h2,4-5,10-11,19,21-22H,3,6-9,12-18H2,1H3,(H-,27,28,29,30)/p+1/t19-,22-,25-/m1/s1. The largest absolute Gasteiger partial charge is 0.521 e. The molecule has 0 radical (unpaired) electrons. The minimum Gasteiger partial charge on any atom is -0.435 e. The Bertz CT molecular complexity index is 807. The maximum atomic E-state index is 13.2. The summed E-state index contributed by atoms with van der Waals surface area (Å²) in [5.74, 6) is 0.0915. The molecule has 1 saturated carbocycles. The number of hydrogen-bond donors (Lipinski definition) is 2. The molecule has 0 aromatic heterocycles. The molecule has 1 heterocycles. The molecule has 0 bridgehead atoms. The van der Waals surface area contributed by atoms with Crippen LogP contribution in [0.15, 0.2) is 30.3 Å². The van der Waals surface area contributed by atoms with E-state index in [1.165, 1.54) is 24.8 Å². The van der Waals surface area contributed by atoms with E-state index < -0.39 is 30.0 Å². The number of rotatable bonds is 8. The first-order valence-corrected chi connectivity index (χ1v) is 13.8. The zero-order valence-corrected chi connectivity index (χ0v) is 19.5. The highest BCUT2D eigenvalue weighted by molar-refractivity contribution is 7.58. The Morgan fingerprint density at radius 2 is 1.74 bits per heavy atom. The Labute approximate surface area is 185 Å². The molecule has 1 aliphatic heterocycles. The van der Waals surface area contributed by atoms with Crippen molar-refractivity contribution >= 4 is 19.4 Å². The highest BCUT2D eigenvalue weighted by Gasteiger charge is 2.58.